The van der Waals surface area contributed by atoms with Crippen LogP contribution in [0.4, 0.5) is 0 Å². The molecule has 1 aromatic carbocycles. The molecule has 1 saturated heterocycles. The van der Waals surface area contributed by atoms with Gasteiger partial charge in [0.2, 0.25) is 0 Å². The number of benzene rings is 1. The summed E-state index contributed by atoms with van der Waals surface area (Å²) in [6.07, 6.45) is 14.4. The number of hydrogen-bond acceptors (Lipinski definition) is 4. The first-order valence-electron chi connectivity index (χ1n) is 14.5. The van der Waals surface area contributed by atoms with Gasteiger partial charge in [-0.15, -0.1) is 0 Å². The van der Waals surface area contributed by atoms with Crippen LogP contribution in [0, 0.1) is 39.2 Å². The molecule has 3 saturated carbocycles. The quantitative estimate of drug-likeness (QED) is 0.173. The number of nitrogens with zero attached hydrogens (tertiary/aromatic N) is 1. The molecule has 1 N–H and O–H groups in total. The minimum atomic E-state index is 0. The minimum absolute atomic E-state index is 0. The topological polar surface area (TPSA) is 49.5 Å². The minimum Gasteiger partial charge on any atom is -0.519 e. The van der Waals surface area contributed by atoms with Crippen LogP contribution >= 0.6 is 0 Å². The monoisotopic (exact) mass is 554 g/mol. The van der Waals surface area contributed by atoms with Crippen molar-refractivity contribution < 1.29 is 66.0 Å². The fraction of sp³-hybridized carbons (Fsp3) is 0.667. The van der Waals surface area contributed by atoms with Crippen molar-refractivity contribution in [2.24, 2.45) is 11.3 Å². The Bertz CT molecular complexity index is 742. The number of aliphatic hydroxyl groups excluding tert-OH is 1. The number of rotatable bonds is 4. The molecule has 214 valence electrons. The molecule has 4 aliphatic rings. The molecule has 0 aromatic heterocycles. The largest absolute Gasteiger partial charge is 1.00 e. The van der Waals surface area contributed by atoms with Crippen molar-refractivity contribution in [1.29, 1.82) is 0 Å². The summed E-state index contributed by atoms with van der Waals surface area (Å²) in [5, 5.41) is 7.46. The number of ether oxygens (including phenoxy) is 1. The average molecular weight is 555 g/mol. The fourth-order valence-corrected chi connectivity index (χ4v) is 3.54. The summed E-state index contributed by atoms with van der Waals surface area (Å²) in [5.74, 6) is 1.58. The summed E-state index contributed by atoms with van der Waals surface area (Å²) >= 11 is 0. The van der Waals surface area contributed by atoms with E-state index in [2.05, 4.69) is 65.9 Å². The van der Waals surface area contributed by atoms with Gasteiger partial charge in [-0.2, -0.15) is 0 Å². The summed E-state index contributed by atoms with van der Waals surface area (Å²) in [6, 6.07) is 8.45. The van der Waals surface area contributed by atoms with Crippen LogP contribution in [0.15, 0.2) is 35.7 Å². The predicted octanol–water partition coefficient (Wildman–Crippen LogP) is 5.61. The number of aliphatic hydroxyl groups is 1. The van der Waals surface area contributed by atoms with E-state index in [4.69, 9.17) is 9.84 Å². The summed E-state index contributed by atoms with van der Waals surface area (Å²) in [5.41, 5.74) is 3.94. The Morgan fingerprint density at radius 1 is 1.05 bits per heavy atom. The second-order valence-corrected chi connectivity index (χ2v) is 10.8. The molecule has 5 rings (SSSR count). The first-order valence-corrected chi connectivity index (χ1v) is 14.5. The molecule has 4 nitrogen and oxygen atoms in total. The summed E-state index contributed by atoms with van der Waals surface area (Å²) < 4.78 is 5.57. The SMILES string of the molecule is C1CCC1.CC.CC1CCCC1.Cc1cccc(C)c1.[CH2-]CO.[CH2-]N1C/C1=C(/OCC1(C)CC1)C(C)=O.[K+]. The Morgan fingerprint density at radius 3 is 1.68 bits per heavy atom. The predicted molar refractivity (Wildman–Crippen MR) is 159 cm³/mol. The van der Waals surface area contributed by atoms with Crippen molar-refractivity contribution in [2.75, 3.05) is 19.8 Å². The number of aryl methyl sites for hydroxylation is 2. The van der Waals surface area contributed by atoms with Gasteiger partial charge in [-0.25, -0.2) is 0 Å². The van der Waals surface area contributed by atoms with Gasteiger partial charge in [-0.1, -0.05) is 121 Å². The Morgan fingerprint density at radius 2 is 1.47 bits per heavy atom. The van der Waals surface area contributed by atoms with Gasteiger partial charge in [0.1, 0.15) is 0 Å². The molecule has 1 aliphatic heterocycles. The van der Waals surface area contributed by atoms with E-state index in [1.807, 2.05) is 13.8 Å². The van der Waals surface area contributed by atoms with Crippen LogP contribution in [0.1, 0.15) is 110 Å². The molecule has 0 amide bonds. The molecule has 5 heteroatoms. The Kier molecular flexibility index (Phi) is 24.7. The molecule has 1 aromatic rings. The Labute approximate surface area is 278 Å². The maximum Gasteiger partial charge on any atom is 1.00 e. The van der Waals surface area contributed by atoms with Crippen molar-refractivity contribution in [3.05, 3.63) is 60.8 Å². The fourth-order valence-electron chi connectivity index (χ4n) is 3.54. The zero-order valence-electron chi connectivity index (χ0n) is 26.2. The van der Waals surface area contributed by atoms with Gasteiger partial charge in [0.25, 0.3) is 0 Å². The number of carbonyl (C=O) groups excluding carboxylic acids is 1. The molecular weight excluding hydrogens is 497 g/mol. The number of hydrogen-bond donors (Lipinski definition) is 1. The maximum absolute atomic E-state index is 11.3. The third kappa shape index (κ3) is 20.7. The first kappa shape index (κ1) is 40.0. The van der Waals surface area contributed by atoms with E-state index < -0.39 is 0 Å². The molecule has 0 bridgehead atoms. The molecule has 0 radical (unpaired) electrons. The standard InChI is InChI=1S/C11H16NO2.C8H10.C6H12.C4H8.C2H5O.C2H6.K/c1-8(13)10(9-6-12(9)3)14-7-11(2)4-5-11;1-7-4-3-5-8(2)6-7;1-6-4-2-3-5-6;1-2-4-3-1;1-2-3;1-2;/h3-7H2,1-2H3;3-6H,1-2H3;6H,2-5H2,1H3;1-4H2;3H,1-2H2;1-2H3;/q-1;;;;-1;;+1/b10-9-;;;;;;. The Balaban J connectivity index is 0. The van der Waals surface area contributed by atoms with Gasteiger partial charge in [0.15, 0.2) is 11.5 Å². The normalized spacial score (nSPS) is 18.6. The van der Waals surface area contributed by atoms with E-state index in [1.54, 1.807) is 11.8 Å². The zero-order chi connectivity index (χ0) is 28.3. The third-order valence-electron chi connectivity index (χ3n) is 6.69. The second-order valence-electron chi connectivity index (χ2n) is 10.8. The van der Waals surface area contributed by atoms with Crippen molar-refractivity contribution in [1.82, 2.24) is 4.90 Å². The van der Waals surface area contributed by atoms with Crippen molar-refractivity contribution in [3.63, 3.8) is 0 Å². The van der Waals surface area contributed by atoms with E-state index >= 15 is 0 Å². The van der Waals surface area contributed by atoms with Crippen molar-refractivity contribution in [3.8, 4) is 0 Å². The average Bonchev–Trinajstić information content (AvgIpc) is 3.66. The van der Waals surface area contributed by atoms with E-state index in [0.717, 1.165) is 18.2 Å². The van der Waals surface area contributed by atoms with Crippen LogP contribution in [0.2, 0.25) is 0 Å². The second kappa shape index (κ2) is 23.5. The van der Waals surface area contributed by atoms with Crippen LogP contribution in [0.3, 0.4) is 0 Å². The van der Waals surface area contributed by atoms with Gasteiger partial charge < -0.3 is 21.7 Å². The Hall–Kier alpha value is -0.174. The molecule has 0 unspecified atom stereocenters. The summed E-state index contributed by atoms with van der Waals surface area (Å²) in [6.45, 7) is 18.8. The molecule has 0 atom stereocenters. The van der Waals surface area contributed by atoms with Crippen LogP contribution in [-0.4, -0.2) is 35.5 Å². The summed E-state index contributed by atoms with van der Waals surface area (Å²) in [4.78, 5) is 13.1. The molecule has 4 fully saturated rings. The van der Waals surface area contributed by atoms with Crippen LogP contribution in [-0.2, 0) is 9.53 Å². The zero-order valence-corrected chi connectivity index (χ0v) is 29.3. The van der Waals surface area contributed by atoms with E-state index in [-0.39, 0.29) is 63.8 Å². The number of ketones is 1. The van der Waals surface area contributed by atoms with Gasteiger partial charge in [-0.3, -0.25) is 11.8 Å². The van der Waals surface area contributed by atoms with Crippen LogP contribution in [0.5, 0.6) is 0 Å². The van der Waals surface area contributed by atoms with E-state index in [1.165, 1.54) is 75.3 Å². The van der Waals surface area contributed by atoms with Crippen LogP contribution < -0.4 is 51.4 Å². The first-order chi connectivity index (χ1) is 17.6. The molecule has 0 spiro atoms. The summed E-state index contributed by atoms with van der Waals surface area (Å²) in [7, 11) is 3.74. The molecular formula is C33H57KNO3-. The maximum atomic E-state index is 11.3. The van der Waals surface area contributed by atoms with Gasteiger partial charge in [0.05, 0.1) is 6.61 Å². The molecule has 38 heavy (non-hydrogen) atoms. The van der Waals surface area contributed by atoms with Gasteiger partial charge >= 0.3 is 51.4 Å². The van der Waals surface area contributed by atoms with Crippen molar-refractivity contribution in [2.45, 2.75) is 113 Å². The number of allylic oxidation sites excluding steroid dienone is 1. The van der Waals surface area contributed by atoms with E-state index in [0.29, 0.717) is 17.8 Å². The number of Topliss-reactive ketones (excluding diaryl/α,β-unsaturated/α-hetero) is 1. The van der Waals surface area contributed by atoms with E-state index in [9.17, 15) is 4.79 Å². The number of carbonyl (C=O) groups is 1. The smallest absolute Gasteiger partial charge is 0.519 e. The molecule has 3 aliphatic carbocycles. The van der Waals surface area contributed by atoms with Crippen molar-refractivity contribution >= 4 is 5.78 Å². The van der Waals surface area contributed by atoms with Gasteiger partial charge in [-0.05, 0) is 32.6 Å². The van der Waals surface area contributed by atoms with Crippen LogP contribution in [0.25, 0.3) is 0 Å². The molecule has 1 heterocycles. The third-order valence-corrected chi connectivity index (χ3v) is 6.69. The van der Waals surface area contributed by atoms with Gasteiger partial charge in [0, 0.05) is 24.6 Å².